The molecular formula is C23H25BrN2O2. The maximum absolute atomic E-state index is 12.0. The fourth-order valence-corrected chi connectivity index (χ4v) is 3.20. The number of aryl methyl sites for hydroxylation is 2. The van der Waals surface area contributed by atoms with Gasteiger partial charge in [0.25, 0.3) is 0 Å². The highest BCUT2D eigenvalue weighted by Crippen LogP contribution is 2.19. The molecule has 0 radical (unpaired) electrons. The first-order chi connectivity index (χ1) is 13.6. The lowest BCUT2D eigenvalue weighted by atomic mass is 10.1. The third kappa shape index (κ3) is 6.34. The van der Waals surface area contributed by atoms with Gasteiger partial charge in [-0.1, -0.05) is 45.8 Å². The number of carbonyl (C=O) groups is 1. The van der Waals surface area contributed by atoms with Crippen LogP contribution in [0, 0.1) is 6.92 Å². The first-order valence-corrected chi connectivity index (χ1v) is 10.4. The number of aromatic nitrogens is 1. The number of hydrogen-bond donors (Lipinski definition) is 1. The normalized spacial score (nSPS) is 10.8. The van der Waals surface area contributed by atoms with E-state index in [1.807, 2.05) is 31.2 Å². The summed E-state index contributed by atoms with van der Waals surface area (Å²) in [6, 6.07) is 16.4. The molecule has 0 fully saturated rings. The van der Waals surface area contributed by atoms with Crippen LogP contribution in [0.3, 0.4) is 0 Å². The van der Waals surface area contributed by atoms with Gasteiger partial charge in [-0.05, 0) is 56.0 Å². The third-order valence-electron chi connectivity index (χ3n) is 4.59. The molecule has 3 rings (SSSR count). The first kappa shape index (κ1) is 20.3. The molecule has 28 heavy (non-hydrogen) atoms. The fraction of sp³-hybridized carbons (Fsp3) is 0.304. The van der Waals surface area contributed by atoms with Crippen LogP contribution in [0.15, 0.2) is 63.7 Å². The van der Waals surface area contributed by atoms with Crippen molar-refractivity contribution < 1.29 is 9.21 Å². The summed E-state index contributed by atoms with van der Waals surface area (Å²) in [5.41, 5.74) is 4.33. The van der Waals surface area contributed by atoms with Crippen molar-refractivity contribution in [3.05, 3.63) is 76.1 Å². The van der Waals surface area contributed by atoms with Crippen molar-refractivity contribution in [3.63, 3.8) is 0 Å². The molecule has 3 aromatic rings. The summed E-state index contributed by atoms with van der Waals surface area (Å²) in [6.07, 6.45) is 5.80. The van der Waals surface area contributed by atoms with Gasteiger partial charge in [0.2, 0.25) is 11.8 Å². The largest absolute Gasteiger partial charge is 0.444 e. The van der Waals surface area contributed by atoms with Crippen molar-refractivity contribution in [1.29, 1.82) is 0 Å². The van der Waals surface area contributed by atoms with Gasteiger partial charge in [0.1, 0.15) is 6.26 Å². The minimum atomic E-state index is 0.0954. The summed E-state index contributed by atoms with van der Waals surface area (Å²) in [5, 5.41) is 2.97. The predicted molar refractivity (Wildman–Crippen MR) is 115 cm³/mol. The van der Waals surface area contributed by atoms with E-state index in [-0.39, 0.29) is 5.91 Å². The van der Waals surface area contributed by atoms with Crippen LogP contribution < -0.4 is 5.32 Å². The number of unbranched alkanes of at least 4 members (excludes halogenated alkanes) is 1. The molecule has 0 aliphatic heterocycles. The Morgan fingerprint density at radius 3 is 2.54 bits per heavy atom. The standard InChI is InChI=1S/C23H25BrN2O2/c1-17-6-10-19(11-7-17)23-26-21(16-28-23)14-15-25-22(27)5-3-2-4-18-8-12-20(24)13-9-18/h6-13,16H,2-5,14-15H2,1H3,(H,25,27). The van der Waals surface area contributed by atoms with Crippen molar-refractivity contribution in [2.75, 3.05) is 6.54 Å². The molecule has 146 valence electrons. The molecule has 0 spiro atoms. The zero-order valence-electron chi connectivity index (χ0n) is 16.1. The Hall–Kier alpha value is -2.40. The maximum atomic E-state index is 12.0. The molecule has 0 aliphatic carbocycles. The molecule has 0 saturated carbocycles. The smallest absolute Gasteiger partial charge is 0.226 e. The van der Waals surface area contributed by atoms with Crippen molar-refractivity contribution >= 4 is 21.8 Å². The molecule has 0 aliphatic rings. The van der Waals surface area contributed by atoms with E-state index >= 15 is 0 Å². The Morgan fingerprint density at radius 2 is 1.79 bits per heavy atom. The van der Waals surface area contributed by atoms with E-state index in [0.29, 0.717) is 25.3 Å². The van der Waals surface area contributed by atoms with Gasteiger partial charge >= 0.3 is 0 Å². The monoisotopic (exact) mass is 440 g/mol. The number of nitrogens with zero attached hydrogens (tertiary/aromatic N) is 1. The number of rotatable bonds is 9. The Morgan fingerprint density at radius 1 is 1.04 bits per heavy atom. The maximum Gasteiger partial charge on any atom is 0.226 e. The number of carbonyl (C=O) groups excluding carboxylic acids is 1. The number of amides is 1. The highest BCUT2D eigenvalue weighted by Gasteiger charge is 2.07. The third-order valence-corrected chi connectivity index (χ3v) is 5.11. The summed E-state index contributed by atoms with van der Waals surface area (Å²) in [4.78, 5) is 16.5. The van der Waals surface area contributed by atoms with E-state index < -0.39 is 0 Å². The first-order valence-electron chi connectivity index (χ1n) is 9.63. The molecule has 1 heterocycles. The number of hydrogen-bond acceptors (Lipinski definition) is 3. The quantitative estimate of drug-likeness (QED) is 0.447. The molecule has 1 N–H and O–H groups in total. The average molecular weight is 441 g/mol. The molecule has 1 amide bonds. The van der Waals surface area contributed by atoms with Crippen LogP contribution in [0.2, 0.25) is 0 Å². The molecule has 5 heteroatoms. The van der Waals surface area contributed by atoms with Crippen LogP contribution >= 0.6 is 15.9 Å². The van der Waals surface area contributed by atoms with Crippen LogP contribution in [-0.2, 0) is 17.6 Å². The van der Waals surface area contributed by atoms with E-state index in [0.717, 1.165) is 35.0 Å². The van der Waals surface area contributed by atoms with E-state index in [4.69, 9.17) is 4.42 Å². The number of halogens is 1. The van der Waals surface area contributed by atoms with Gasteiger partial charge in [-0.2, -0.15) is 0 Å². The minimum absolute atomic E-state index is 0.0954. The minimum Gasteiger partial charge on any atom is -0.444 e. The van der Waals surface area contributed by atoms with Crippen molar-refractivity contribution in [2.45, 2.75) is 39.0 Å². The molecule has 0 saturated heterocycles. The van der Waals surface area contributed by atoms with Gasteiger partial charge in [0, 0.05) is 29.4 Å². The predicted octanol–water partition coefficient (Wildman–Crippen LogP) is 5.48. The lowest BCUT2D eigenvalue weighted by Gasteiger charge is -2.04. The van der Waals surface area contributed by atoms with Crippen molar-refractivity contribution in [3.8, 4) is 11.5 Å². The van der Waals surface area contributed by atoms with E-state index in [2.05, 4.69) is 50.5 Å². The second-order valence-corrected chi connectivity index (χ2v) is 7.86. The zero-order chi connectivity index (χ0) is 19.8. The molecule has 0 bridgehead atoms. The highest BCUT2D eigenvalue weighted by atomic mass is 79.9. The lowest BCUT2D eigenvalue weighted by Crippen LogP contribution is -2.25. The molecule has 0 unspecified atom stereocenters. The van der Waals surface area contributed by atoms with Crippen LogP contribution in [0.5, 0.6) is 0 Å². The second kappa shape index (κ2) is 10.2. The average Bonchev–Trinajstić information content (AvgIpc) is 3.16. The van der Waals surface area contributed by atoms with Crippen LogP contribution in [0.1, 0.15) is 36.1 Å². The van der Waals surface area contributed by atoms with Crippen LogP contribution in [0.4, 0.5) is 0 Å². The highest BCUT2D eigenvalue weighted by molar-refractivity contribution is 9.10. The lowest BCUT2D eigenvalue weighted by molar-refractivity contribution is -0.121. The Bertz CT molecular complexity index is 886. The van der Waals surface area contributed by atoms with Crippen LogP contribution in [-0.4, -0.2) is 17.4 Å². The summed E-state index contributed by atoms with van der Waals surface area (Å²) >= 11 is 3.44. The van der Waals surface area contributed by atoms with Gasteiger partial charge < -0.3 is 9.73 Å². The zero-order valence-corrected chi connectivity index (χ0v) is 17.7. The molecule has 0 atom stereocenters. The number of oxazole rings is 1. The Kier molecular flexibility index (Phi) is 7.43. The number of nitrogens with one attached hydrogen (secondary N) is 1. The Labute approximate surface area is 174 Å². The van der Waals surface area contributed by atoms with E-state index in [1.165, 1.54) is 11.1 Å². The van der Waals surface area contributed by atoms with Gasteiger partial charge in [-0.25, -0.2) is 4.98 Å². The molecule has 2 aromatic carbocycles. The second-order valence-electron chi connectivity index (χ2n) is 6.94. The molecule has 1 aromatic heterocycles. The fourth-order valence-electron chi connectivity index (χ4n) is 2.93. The summed E-state index contributed by atoms with van der Waals surface area (Å²) in [5.74, 6) is 0.715. The number of benzene rings is 2. The topological polar surface area (TPSA) is 55.1 Å². The van der Waals surface area contributed by atoms with Gasteiger partial charge in [0.05, 0.1) is 5.69 Å². The van der Waals surface area contributed by atoms with Crippen LogP contribution in [0.25, 0.3) is 11.5 Å². The van der Waals surface area contributed by atoms with Gasteiger partial charge in [-0.15, -0.1) is 0 Å². The van der Waals surface area contributed by atoms with E-state index in [9.17, 15) is 4.79 Å². The summed E-state index contributed by atoms with van der Waals surface area (Å²) in [6.45, 7) is 2.62. The van der Waals surface area contributed by atoms with Crippen molar-refractivity contribution in [2.24, 2.45) is 0 Å². The Balaban J connectivity index is 1.33. The SMILES string of the molecule is Cc1ccc(-c2nc(CCNC(=O)CCCCc3ccc(Br)cc3)co2)cc1. The van der Waals surface area contributed by atoms with Crippen molar-refractivity contribution in [1.82, 2.24) is 10.3 Å². The summed E-state index contributed by atoms with van der Waals surface area (Å²) in [7, 11) is 0. The van der Waals surface area contributed by atoms with Gasteiger partial charge in [-0.3, -0.25) is 4.79 Å². The summed E-state index contributed by atoms with van der Waals surface area (Å²) < 4.78 is 6.64. The molecule has 4 nitrogen and oxygen atoms in total. The molecular weight excluding hydrogens is 416 g/mol. The van der Waals surface area contributed by atoms with E-state index in [1.54, 1.807) is 6.26 Å². The van der Waals surface area contributed by atoms with Gasteiger partial charge in [0.15, 0.2) is 0 Å².